The Morgan fingerprint density at radius 3 is 2.72 bits per heavy atom. The van der Waals surface area contributed by atoms with Gasteiger partial charge in [-0.2, -0.15) is 0 Å². The zero-order valence-electron chi connectivity index (χ0n) is 9.83. The van der Waals surface area contributed by atoms with Gasteiger partial charge >= 0.3 is 0 Å². The van der Waals surface area contributed by atoms with Crippen LogP contribution in [0.5, 0.6) is 0 Å². The summed E-state index contributed by atoms with van der Waals surface area (Å²) in [6, 6.07) is 5.52. The molecule has 3 nitrogen and oxygen atoms in total. The molecule has 6 heteroatoms. The van der Waals surface area contributed by atoms with Crippen molar-refractivity contribution in [3.63, 3.8) is 0 Å². The van der Waals surface area contributed by atoms with Gasteiger partial charge in [0.25, 0.3) is 0 Å². The summed E-state index contributed by atoms with van der Waals surface area (Å²) in [5, 5.41) is 3.45. The maximum atomic E-state index is 6.11. The molecule has 1 atom stereocenters. The molecule has 1 aromatic rings. The largest absolute Gasteiger partial charge is 0.374 e. The van der Waals surface area contributed by atoms with E-state index in [4.69, 9.17) is 39.5 Å². The van der Waals surface area contributed by atoms with Crippen molar-refractivity contribution in [2.75, 3.05) is 25.6 Å². The second kappa shape index (κ2) is 6.94. The first kappa shape index (κ1) is 14.4. The lowest BCUT2D eigenvalue weighted by atomic mass is 10.2. The van der Waals surface area contributed by atoms with E-state index in [0.29, 0.717) is 29.1 Å². The van der Waals surface area contributed by atoms with Gasteiger partial charge in [0, 0.05) is 41.1 Å². The minimum absolute atomic E-state index is 0.0784. The van der Waals surface area contributed by atoms with Gasteiger partial charge in [-0.25, -0.2) is 5.01 Å². The van der Waals surface area contributed by atoms with Crippen LogP contribution in [0, 0.1) is 0 Å². The van der Waals surface area contributed by atoms with E-state index < -0.39 is 0 Å². The Balaban J connectivity index is 1.91. The lowest BCUT2D eigenvalue weighted by molar-refractivity contribution is -0.0374. The van der Waals surface area contributed by atoms with Crippen LogP contribution in [0.3, 0.4) is 0 Å². The van der Waals surface area contributed by atoms with Crippen LogP contribution in [-0.4, -0.2) is 36.7 Å². The van der Waals surface area contributed by atoms with Crippen molar-refractivity contribution in [1.82, 2.24) is 10.4 Å². The van der Waals surface area contributed by atoms with E-state index in [-0.39, 0.29) is 6.10 Å². The van der Waals surface area contributed by atoms with Crippen LogP contribution in [0.1, 0.15) is 5.56 Å². The van der Waals surface area contributed by atoms with E-state index in [1.807, 2.05) is 18.2 Å². The van der Waals surface area contributed by atoms with Crippen molar-refractivity contribution in [3.05, 3.63) is 33.8 Å². The van der Waals surface area contributed by atoms with E-state index >= 15 is 0 Å². The number of ether oxygens (including phenoxy) is 1. The first-order valence-electron chi connectivity index (χ1n) is 5.79. The summed E-state index contributed by atoms with van der Waals surface area (Å²) in [5.74, 6) is 0.505. The predicted molar refractivity (Wildman–Crippen MR) is 75.3 cm³/mol. The molecule has 1 unspecified atom stereocenters. The molecular weight excluding hydrogens is 295 g/mol. The molecule has 0 aromatic heterocycles. The molecule has 1 aliphatic heterocycles. The van der Waals surface area contributed by atoms with Crippen molar-refractivity contribution in [3.8, 4) is 0 Å². The van der Waals surface area contributed by atoms with Gasteiger partial charge in [-0.15, -0.1) is 11.6 Å². The third kappa shape index (κ3) is 3.73. The van der Waals surface area contributed by atoms with Crippen LogP contribution < -0.4 is 5.43 Å². The Morgan fingerprint density at radius 2 is 2.06 bits per heavy atom. The number of hydrazine groups is 1. The third-order valence-corrected chi connectivity index (χ3v) is 3.90. The summed E-state index contributed by atoms with van der Waals surface area (Å²) in [5.41, 5.74) is 4.22. The zero-order chi connectivity index (χ0) is 13.0. The Labute approximate surface area is 122 Å². The molecular formula is C12H15Cl3N2O. The standard InChI is InChI=1S/C12H15Cl3N2O/c13-6-9-8-17(4-5-18-9)16-7-10-11(14)2-1-3-12(10)15/h1-3,9,16H,4-8H2. The second-order valence-electron chi connectivity index (χ2n) is 4.13. The topological polar surface area (TPSA) is 24.5 Å². The van der Waals surface area contributed by atoms with Gasteiger partial charge in [0.05, 0.1) is 12.7 Å². The Hall–Kier alpha value is -0.0300. The maximum Gasteiger partial charge on any atom is 0.0851 e. The van der Waals surface area contributed by atoms with E-state index in [2.05, 4.69) is 10.4 Å². The molecule has 1 N–H and O–H groups in total. The number of hydrogen-bond acceptors (Lipinski definition) is 3. The monoisotopic (exact) mass is 308 g/mol. The smallest absolute Gasteiger partial charge is 0.0851 e. The number of alkyl halides is 1. The average Bonchev–Trinajstić information content (AvgIpc) is 2.38. The molecule has 0 spiro atoms. The van der Waals surface area contributed by atoms with Gasteiger partial charge in [0.1, 0.15) is 0 Å². The number of rotatable bonds is 4. The molecule has 18 heavy (non-hydrogen) atoms. The Morgan fingerprint density at radius 1 is 1.33 bits per heavy atom. The highest BCUT2D eigenvalue weighted by Crippen LogP contribution is 2.24. The molecule has 0 radical (unpaired) electrons. The lowest BCUT2D eigenvalue weighted by Gasteiger charge is -2.32. The normalized spacial score (nSPS) is 21.2. The fraction of sp³-hybridized carbons (Fsp3) is 0.500. The summed E-state index contributed by atoms with van der Waals surface area (Å²) in [6.07, 6.45) is 0.0784. The Kier molecular flexibility index (Phi) is 5.55. The highest BCUT2D eigenvalue weighted by Gasteiger charge is 2.19. The summed E-state index contributed by atoms with van der Waals surface area (Å²) >= 11 is 18.0. The van der Waals surface area contributed by atoms with Crippen molar-refractivity contribution in [2.45, 2.75) is 12.6 Å². The van der Waals surface area contributed by atoms with E-state index in [1.54, 1.807) is 0 Å². The predicted octanol–water partition coefficient (Wildman–Crippen LogP) is 2.94. The van der Waals surface area contributed by atoms with Gasteiger partial charge < -0.3 is 4.74 Å². The third-order valence-electron chi connectivity index (χ3n) is 2.85. The quantitative estimate of drug-likeness (QED) is 0.866. The van der Waals surface area contributed by atoms with Gasteiger partial charge in [-0.05, 0) is 12.1 Å². The molecule has 0 saturated carbocycles. The lowest BCUT2D eigenvalue weighted by Crippen LogP contribution is -2.49. The SMILES string of the molecule is ClCC1CN(NCc2c(Cl)cccc2Cl)CCO1. The molecule has 1 fully saturated rings. The Bertz CT molecular complexity index is 383. The molecule has 0 bridgehead atoms. The molecule has 1 heterocycles. The van der Waals surface area contributed by atoms with Crippen LogP contribution in [0.25, 0.3) is 0 Å². The second-order valence-corrected chi connectivity index (χ2v) is 5.25. The number of nitrogens with zero attached hydrogens (tertiary/aromatic N) is 1. The number of benzene rings is 1. The summed E-state index contributed by atoms with van der Waals surface area (Å²) in [6.45, 7) is 2.88. The fourth-order valence-corrected chi connectivity index (χ4v) is 2.57. The molecule has 1 aliphatic rings. The zero-order valence-corrected chi connectivity index (χ0v) is 12.1. The molecule has 1 saturated heterocycles. The van der Waals surface area contributed by atoms with Crippen molar-refractivity contribution >= 4 is 34.8 Å². The van der Waals surface area contributed by atoms with Gasteiger partial charge in [0.15, 0.2) is 0 Å². The van der Waals surface area contributed by atoms with Crippen molar-refractivity contribution in [2.24, 2.45) is 0 Å². The highest BCUT2D eigenvalue weighted by atomic mass is 35.5. The fourth-order valence-electron chi connectivity index (χ4n) is 1.85. The van der Waals surface area contributed by atoms with Crippen LogP contribution >= 0.6 is 34.8 Å². The summed E-state index contributed by atoms with van der Waals surface area (Å²) in [4.78, 5) is 0. The van der Waals surface area contributed by atoms with Crippen LogP contribution in [0.4, 0.5) is 0 Å². The van der Waals surface area contributed by atoms with Crippen molar-refractivity contribution < 1.29 is 4.74 Å². The number of morpholine rings is 1. The molecule has 1 aromatic carbocycles. The van der Waals surface area contributed by atoms with E-state index in [9.17, 15) is 0 Å². The molecule has 100 valence electrons. The van der Waals surface area contributed by atoms with Gasteiger partial charge in [0.2, 0.25) is 0 Å². The summed E-state index contributed by atoms with van der Waals surface area (Å²) in [7, 11) is 0. The van der Waals surface area contributed by atoms with Crippen LogP contribution in [-0.2, 0) is 11.3 Å². The summed E-state index contributed by atoms with van der Waals surface area (Å²) < 4.78 is 5.49. The van der Waals surface area contributed by atoms with Crippen LogP contribution in [0.15, 0.2) is 18.2 Å². The first-order valence-corrected chi connectivity index (χ1v) is 7.08. The molecule has 0 aliphatic carbocycles. The van der Waals surface area contributed by atoms with E-state index in [1.165, 1.54) is 0 Å². The minimum atomic E-state index is 0.0784. The number of hydrogen-bond donors (Lipinski definition) is 1. The average molecular weight is 310 g/mol. The maximum absolute atomic E-state index is 6.11. The van der Waals surface area contributed by atoms with Crippen molar-refractivity contribution in [1.29, 1.82) is 0 Å². The number of halogens is 3. The van der Waals surface area contributed by atoms with Crippen LogP contribution in [0.2, 0.25) is 10.0 Å². The van der Waals surface area contributed by atoms with Gasteiger partial charge in [-0.1, -0.05) is 29.3 Å². The first-order chi connectivity index (χ1) is 8.70. The number of nitrogens with one attached hydrogen (secondary N) is 1. The minimum Gasteiger partial charge on any atom is -0.374 e. The van der Waals surface area contributed by atoms with E-state index in [0.717, 1.165) is 18.7 Å². The highest BCUT2D eigenvalue weighted by molar-refractivity contribution is 6.35. The molecule has 2 rings (SSSR count). The molecule has 0 amide bonds. The van der Waals surface area contributed by atoms with Gasteiger partial charge in [-0.3, -0.25) is 5.43 Å².